The van der Waals surface area contributed by atoms with E-state index in [9.17, 15) is 9.59 Å². The molecular formula is C12H13BrNO3+. The Labute approximate surface area is 108 Å². The van der Waals surface area contributed by atoms with Crippen LogP contribution >= 0.6 is 15.9 Å². The molecule has 0 saturated carbocycles. The van der Waals surface area contributed by atoms with Crippen LogP contribution in [0.15, 0.2) is 29.0 Å². The van der Waals surface area contributed by atoms with Gasteiger partial charge < -0.3 is 4.74 Å². The highest BCUT2D eigenvalue weighted by Crippen LogP contribution is 2.27. The minimum absolute atomic E-state index is 0.0774. The summed E-state index contributed by atoms with van der Waals surface area (Å²) in [6.07, 6.45) is 4.42. The molecule has 1 aromatic rings. The van der Waals surface area contributed by atoms with E-state index in [0.717, 1.165) is 4.47 Å². The lowest BCUT2D eigenvalue weighted by molar-refractivity contribution is -0.685. The van der Waals surface area contributed by atoms with E-state index in [1.54, 1.807) is 11.5 Å². The number of hydrogen-bond acceptors (Lipinski definition) is 3. The molecule has 1 atom stereocenters. The average Bonchev–Trinajstić information content (AvgIpc) is 2.60. The molecule has 0 aliphatic carbocycles. The standard InChI is InChI=1S/C12H13BrNO3/c1-12(5-4-11(16)17-12)10(15)8-14-6-2-3-9(13)7-14/h2-3,6-7H,4-5,8H2,1H3/q+1/t12-/m0/s1. The van der Waals surface area contributed by atoms with Crippen LogP contribution in [0.1, 0.15) is 19.8 Å². The largest absolute Gasteiger partial charge is 0.451 e. The summed E-state index contributed by atoms with van der Waals surface area (Å²) in [5.74, 6) is -0.369. The second-order valence-electron chi connectivity index (χ2n) is 4.32. The van der Waals surface area contributed by atoms with Gasteiger partial charge >= 0.3 is 5.97 Å². The van der Waals surface area contributed by atoms with E-state index in [1.807, 2.05) is 24.5 Å². The van der Waals surface area contributed by atoms with E-state index in [1.165, 1.54) is 0 Å². The summed E-state index contributed by atoms with van der Waals surface area (Å²) in [6, 6.07) is 3.73. The van der Waals surface area contributed by atoms with Crippen LogP contribution in [-0.4, -0.2) is 17.4 Å². The van der Waals surface area contributed by atoms with Crippen molar-refractivity contribution in [1.29, 1.82) is 0 Å². The summed E-state index contributed by atoms with van der Waals surface area (Å²) < 4.78 is 7.77. The number of ketones is 1. The molecule has 1 aliphatic heterocycles. The van der Waals surface area contributed by atoms with Crippen LogP contribution in [0, 0.1) is 0 Å². The maximum absolute atomic E-state index is 12.1. The van der Waals surface area contributed by atoms with Gasteiger partial charge in [-0.15, -0.1) is 0 Å². The molecule has 0 aromatic carbocycles. The minimum atomic E-state index is -0.952. The Morgan fingerprint density at radius 2 is 2.41 bits per heavy atom. The second-order valence-corrected chi connectivity index (χ2v) is 5.24. The summed E-state index contributed by atoms with van der Waals surface area (Å²) in [5, 5.41) is 0. The fourth-order valence-electron chi connectivity index (χ4n) is 1.81. The molecule has 0 radical (unpaired) electrons. The van der Waals surface area contributed by atoms with Crippen molar-refractivity contribution >= 4 is 27.7 Å². The number of Topliss-reactive ketones (excluding diaryl/α,β-unsaturated/α-hetero) is 1. The predicted octanol–water partition coefficient (Wildman–Crippen LogP) is 1.40. The molecule has 0 unspecified atom stereocenters. The average molecular weight is 299 g/mol. The zero-order chi connectivity index (χ0) is 12.5. The van der Waals surface area contributed by atoms with Gasteiger partial charge in [-0.3, -0.25) is 9.59 Å². The summed E-state index contributed by atoms with van der Waals surface area (Å²) in [4.78, 5) is 23.2. The van der Waals surface area contributed by atoms with Gasteiger partial charge in [0.25, 0.3) is 0 Å². The minimum Gasteiger partial charge on any atom is -0.451 e. The lowest BCUT2D eigenvalue weighted by Gasteiger charge is -2.18. The second kappa shape index (κ2) is 4.56. The first kappa shape index (κ1) is 12.2. The number of pyridine rings is 1. The Kier molecular flexibility index (Phi) is 3.28. The molecule has 0 amide bonds. The first-order valence-corrected chi connectivity index (χ1v) is 6.19. The molecular weight excluding hydrogens is 286 g/mol. The van der Waals surface area contributed by atoms with Gasteiger partial charge in [-0.1, -0.05) is 0 Å². The third-order valence-corrected chi connectivity index (χ3v) is 3.35. The maximum Gasteiger partial charge on any atom is 0.306 e. The van der Waals surface area contributed by atoms with Gasteiger partial charge in [-0.25, -0.2) is 0 Å². The van der Waals surface area contributed by atoms with Gasteiger partial charge in [0.15, 0.2) is 18.0 Å². The van der Waals surface area contributed by atoms with Crippen LogP contribution in [0.25, 0.3) is 0 Å². The summed E-state index contributed by atoms with van der Waals surface area (Å²) >= 11 is 3.34. The van der Waals surface area contributed by atoms with E-state index >= 15 is 0 Å². The highest BCUT2D eigenvalue weighted by atomic mass is 79.9. The van der Waals surface area contributed by atoms with E-state index in [0.29, 0.717) is 12.8 Å². The maximum atomic E-state index is 12.1. The van der Waals surface area contributed by atoms with Crippen LogP contribution in [0.5, 0.6) is 0 Å². The number of halogens is 1. The highest BCUT2D eigenvalue weighted by Gasteiger charge is 2.43. The Bertz CT molecular complexity index is 475. The first-order chi connectivity index (χ1) is 7.99. The number of ether oxygens (including phenoxy) is 1. The molecule has 90 valence electrons. The fourth-order valence-corrected chi connectivity index (χ4v) is 2.23. The molecule has 1 saturated heterocycles. The Morgan fingerprint density at radius 3 is 3.00 bits per heavy atom. The third-order valence-electron chi connectivity index (χ3n) is 2.88. The smallest absolute Gasteiger partial charge is 0.306 e. The SMILES string of the molecule is C[C@@]1(C(=O)C[n+]2cccc(Br)c2)CCC(=O)O1. The number of esters is 1. The molecule has 17 heavy (non-hydrogen) atoms. The lowest BCUT2D eigenvalue weighted by Crippen LogP contribution is -2.46. The van der Waals surface area contributed by atoms with Gasteiger partial charge in [-0.2, -0.15) is 4.57 Å². The third kappa shape index (κ3) is 2.72. The van der Waals surface area contributed by atoms with Crippen molar-refractivity contribution in [3.8, 4) is 0 Å². The van der Waals surface area contributed by atoms with Crippen molar-refractivity contribution in [2.45, 2.75) is 31.9 Å². The van der Waals surface area contributed by atoms with Crippen LogP contribution in [0.3, 0.4) is 0 Å². The highest BCUT2D eigenvalue weighted by molar-refractivity contribution is 9.10. The molecule has 5 heteroatoms. The normalized spacial score (nSPS) is 23.5. The monoisotopic (exact) mass is 298 g/mol. The van der Waals surface area contributed by atoms with Gasteiger partial charge in [0.2, 0.25) is 12.3 Å². The van der Waals surface area contributed by atoms with Crippen molar-refractivity contribution in [2.75, 3.05) is 0 Å². The predicted molar refractivity (Wildman–Crippen MR) is 63.1 cm³/mol. The van der Waals surface area contributed by atoms with Crippen molar-refractivity contribution in [1.82, 2.24) is 0 Å². The zero-order valence-corrected chi connectivity index (χ0v) is 11.1. The van der Waals surface area contributed by atoms with Gasteiger partial charge in [0.05, 0.1) is 4.47 Å². The van der Waals surface area contributed by atoms with Gasteiger partial charge in [0.1, 0.15) is 0 Å². The Balaban J connectivity index is 2.09. The number of hydrogen-bond donors (Lipinski definition) is 0. The topological polar surface area (TPSA) is 47.2 Å². The molecule has 0 bridgehead atoms. The number of cyclic esters (lactones) is 1. The number of carbonyl (C=O) groups excluding carboxylic acids is 2. The number of carbonyl (C=O) groups is 2. The van der Waals surface area contributed by atoms with Gasteiger partial charge in [-0.05, 0) is 28.9 Å². The van der Waals surface area contributed by atoms with Crippen molar-refractivity contribution in [2.24, 2.45) is 0 Å². The van der Waals surface area contributed by atoms with E-state index < -0.39 is 5.60 Å². The van der Waals surface area contributed by atoms with Crippen molar-refractivity contribution in [3.63, 3.8) is 0 Å². The molecule has 1 fully saturated rings. The van der Waals surface area contributed by atoms with Crippen LogP contribution in [0.4, 0.5) is 0 Å². The molecule has 4 nitrogen and oxygen atoms in total. The van der Waals surface area contributed by atoms with E-state index in [4.69, 9.17) is 4.74 Å². The van der Waals surface area contributed by atoms with Crippen LogP contribution in [-0.2, 0) is 20.9 Å². The summed E-state index contributed by atoms with van der Waals surface area (Å²) in [5.41, 5.74) is -0.952. The number of aromatic nitrogens is 1. The Hall–Kier alpha value is -1.23. The quantitative estimate of drug-likeness (QED) is 0.626. The lowest BCUT2D eigenvalue weighted by atomic mass is 9.97. The number of nitrogens with zero attached hydrogens (tertiary/aromatic N) is 1. The fraction of sp³-hybridized carbons (Fsp3) is 0.417. The molecule has 2 rings (SSSR count). The van der Waals surface area contributed by atoms with Crippen LogP contribution in [0.2, 0.25) is 0 Å². The molecule has 2 heterocycles. The molecule has 1 aromatic heterocycles. The summed E-state index contributed by atoms with van der Waals surface area (Å²) in [7, 11) is 0. The summed E-state index contributed by atoms with van der Waals surface area (Å²) in [6.45, 7) is 1.89. The number of rotatable bonds is 3. The molecule has 1 aliphatic rings. The first-order valence-electron chi connectivity index (χ1n) is 5.39. The van der Waals surface area contributed by atoms with Crippen molar-refractivity contribution < 1.29 is 18.9 Å². The van der Waals surface area contributed by atoms with Crippen molar-refractivity contribution in [3.05, 3.63) is 29.0 Å². The molecule has 0 spiro atoms. The van der Waals surface area contributed by atoms with E-state index in [-0.39, 0.29) is 18.3 Å². The molecule has 0 N–H and O–H groups in total. The van der Waals surface area contributed by atoms with Crippen LogP contribution < -0.4 is 4.57 Å². The Morgan fingerprint density at radius 1 is 1.65 bits per heavy atom. The zero-order valence-electron chi connectivity index (χ0n) is 9.48. The van der Waals surface area contributed by atoms with E-state index in [2.05, 4.69) is 15.9 Å². The van der Waals surface area contributed by atoms with Gasteiger partial charge in [0, 0.05) is 18.9 Å².